The smallest absolute Gasteiger partial charge is 0.330 e. The Morgan fingerprint density at radius 3 is 2.13 bits per heavy atom. The Morgan fingerprint density at radius 2 is 1.60 bits per heavy atom. The van der Waals surface area contributed by atoms with E-state index in [-0.39, 0.29) is 0 Å². The molecule has 0 aromatic rings. The van der Waals surface area contributed by atoms with Crippen molar-refractivity contribution < 1.29 is 30.5 Å². The van der Waals surface area contributed by atoms with Crippen LogP contribution in [0.4, 0.5) is 0 Å². The van der Waals surface area contributed by atoms with Gasteiger partial charge in [0.05, 0.1) is 0 Å². The van der Waals surface area contributed by atoms with Crippen LogP contribution in [0.2, 0.25) is 0 Å². The van der Waals surface area contributed by atoms with Gasteiger partial charge in [-0.05, 0) is 5.70 Å². The monoisotopic (exact) mass is 300 g/mol. The number of hydrogen-bond donors (Lipinski definition) is 1. The van der Waals surface area contributed by atoms with E-state index in [0.717, 1.165) is 6.08 Å². The van der Waals surface area contributed by atoms with E-state index in [1.54, 1.807) is 0 Å². The van der Waals surface area contributed by atoms with Gasteiger partial charge >= 0.3 is 15.3 Å². The fourth-order valence-electron chi connectivity index (χ4n) is 0.770. The van der Waals surface area contributed by atoms with Crippen LogP contribution >= 0.6 is 0 Å². The van der Waals surface area contributed by atoms with Crippen LogP contribution in [0.5, 0.6) is 0 Å². The molecule has 0 saturated carbocycles. The normalized spacial score (nSPS) is 31.6. The summed E-state index contributed by atoms with van der Waals surface area (Å²) < 4.78 is 26.4. The molecule has 0 atom stereocenters. The molecule has 0 amide bonds. The van der Waals surface area contributed by atoms with Crippen LogP contribution in [0.3, 0.4) is 0 Å². The molecule has 7 nitrogen and oxygen atoms in total. The van der Waals surface area contributed by atoms with Gasteiger partial charge in [0.15, 0.2) is 0 Å². The van der Waals surface area contributed by atoms with E-state index in [0.29, 0.717) is 0 Å². The summed E-state index contributed by atoms with van der Waals surface area (Å²) in [5.41, 5.74) is 1.49. The molecule has 0 bridgehead atoms. The molecule has 86 valence electrons. The van der Waals surface area contributed by atoms with E-state index in [9.17, 15) is 4.79 Å². The lowest BCUT2D eigenvalue weighted by atomic mass is 10.7. The van der Waals surface area contributed by atoms with Gasteiger partial charge in [0.2, 0.25) is 0 Å². The van der Waals surface area contributed by atoms with Crippen LogP contribution in [0.25, 0.3) is 0 Å². The summed E-state index contributed by atoms with van der Waals surface area (Å²) in [6.45, 7) is 0. The second-order valence-corrected chi connectivity index (χ2v) is 12.1. The molecule has 0 radical (unpaired) electrons. The van der Waals surface area contributed by atoms with E-state index in [4.69, 9.17) is 25.7 Å². The Labute approximate surface area is 97.8 Å². The molecule has 12 heteroatoms. The molecule has 0 unspecified atom stereocenters. The van der Waals surface area contributed by atoms with Gasteiger partial charge < -0.3 is 25.7 Å². The molecule has 1 fully saturated rings. The van der Waals surface area contributed by atoms with Gasteiger partial charge in [0.1, 0.15) is 0 Å². The number of carbonyl (C=O) groups is 1. The first-order valence-electron chi connectivity index (χ1n) is 4.16. The third-order valence-electron chi connectivity index (χ3n) is 1.36. The van der Waals surface area contributed by atoms with Crippen molar-refractivity contribution in [1.82, 2.24) is 0 Å². The predicted molar refractivity (Wildman–Crippen MR) is 63.5 cm³/mol. The highest BCUT2D eigenvalue weighted by Crippen LogP contribution is 1.93. The zero-order valence-electron chi connectivity index (χ0n) is 7.96. The average molecular weight is 301 g/mol. The van der Waals surface area contributed by atoms with E-state index in [1.807, 2.05) is 0 Å². The van der Waals surface area contributed by atoms with Crippen molar-refractivity contribution in [2.75, 3.05) is 0 Å². The highest BCUT2D eigenvalue weighted by atomic mass is 28.4. The first kappa shape index (κ1) is 13.2. The quantitative estimate of drug-likeness (QED) is 0.406. The molecule has 1 aliphatic heterocycles. The molecular formula is C3H12O7Si5. The Bertz CT molecular complexity index is 213. The third-order valence-corrected chi connectivity index (χ3v) is 9.58. The molecule has 0 aliphatic carbocycles. The number of rotatable bonds is 2. The molecule has 1 N–H and O–H groups in total. The highest BCUT2D eigenvalue weighted by Gasteiger charge is 2.11. The number of hydrogen-bond acceptors (Lipinski definition) is 6. The van der Waals surface area contributed by atoms with Crippen LogP contribution < -0.4 is 0 Å². The van der Waals surface area contributed by atoms with Crippen molar-refractivity contribution in [3.63, 3.8) is 0 Å². The Hall–Kier alpha value is 0.0944. The molecule has 1 heterocycles. The van der Waals surface area contributed by atoms with E-state index < -0.39 is 55.3 Å². The number of carboxylic acid groups (broad SMARTS) is 1. The second-order valence-electron chi connectivity index (χ2n) is 2.48. The molecule has 0 aromatic heterocycles. The predicted octanol–water partition coefficient (Wildman–Crippen LogP) is -4.52. The molecular weight excluding hydrogens is 288 g/mol. The second kappa shape index (κ2) is 8.27. The molecule has 15 heavy (non-hydrogen) atoms. The minimum Gasteiger partial charge on any atom is -0.478 e. The van der Waals surface area contributed by atoms with Crippen molar-refractivity contribution in [1.29, 1.82) is 0 Å². The maximum Gasteiger partial charge on any atom is 0.330 e. The number of aliphatic carboxylic acids is 1. The molecule has 1 rings (SSSR count). The minimum absolute atomic E-state index is 0.916. The largest absolute Gasteiger partial charge is 0.478 e. The van der Waals surface area contributed by atoms with Crippen molar-refractivity contribution in [3.8, 4) is 0 Å². The first-order chi connectivity index (χ1) is 7.29. The standard InChI is InChI=1S/C3H12O7Si5/c4-3(5)1-2-15-9-13-7-11-6-12-8-14-10-15/h1-2,15H,11-14H2,(H,4,5). The molecule has 1 saturated heterocycles. The minimum atomic E-state index is -2.00. The molecule has 0 aromatic carbocycles. The Kier molecular flexibility index (Phi) is 7.26. The maximum atomic E-state index is 10.3. The molecule has 1 aliphatic rings. The van der Waals surface area contributed by atoms with Gasteiger partial charge in [-0.25, -0.2) is 4.79 Å². The summed E-state index contributed by atoms with van der Waals surface area (Å²) in [6.07, 6.45) is 1.05. The van der Waals surface area contributed by atoms with E-state index >= 15 is 0 Å². The summed E-state index contributed by atoms with van der Waals surface area (Å²) in [4.78, 5) is 10.3. The lowest BCUT2D eigenvalue weighted by molar-refractivity contribution is -0.131. The van der Waals surface area contributed by atoms with Gasteiger partial charge in [-0.2, -0.15) is 0 Å². The summed E-state index contributed by atoms with van der Waals surface area (Å²) in [5.74, 6) is -0.996. The Morgan fingerprint density at radius 1 is 1.07 bits per heavy atom. The van der Waals surface area contributed by atoms with Crippen LogP contribution in [-0.4, -0.2) is 60.4 Å². The summed E-state index contributed by atoms with van der Waals surface area (Å²) >= 11 is 0. The highest BCUT2D eigenvalue weighted by molar-refractivity contribution is 6.63. The summed E-state index contributed by atoms with van der Waals surface area (Å²) in [6, 6.07) is 0. The van der Waals surface area contributed by atoms with Crippen LogP contribution in [0, 0.1) is 0 Å². The first-order valence-corrected chi connectivity index (χ1v) is 10.4. The van der Waals surface area contributed by atoms with Gasteiger partial charge in [0.25, 0.3) is 40.0 Å². The zero-order chi connectivity index (χ0) is 10.9. The topological polar surface area (TPSA) is 83.5 Å². The lowest BCUT2D eigenvalue weighted by Gasteiger charge is -2.16. The third kappa shape index (κ3) is 7.06. The SMILES string of the molecule is O=C(O)C=C[SiH]1O[SiH2]O[SiH2]O[SiH2]O[SiH2]O1. The summed E-state index contributed by atoms with van der Waals surface area (Å²) in [5, 5.41) is 8.45. The van der Waals surface area contributed by atoms with Crippen LogP contribution in [0.1, 0.15) is 0 Å². The van der Waals surface area contributed by atoms with Gasteiger partial charge in [0, 0.05) is 6.08 Å². The average Bonchev–Trinajstić information content (AvgIpc) is 2.23. The number of carboxylic acids is 1. The van der Waals surface area contributed by atoms with Crippen LogP contribution in [0.15, 0.2) is 11.8 Å². The van der Waals surface area contributed by atoms with Crippen LogP contribution in [-0.2, 0) is 25.4 Å². The fraction of sp³-hybridized carbons (Fsp3) is 0. The van der Waals surface area contributed by atoms with Crippen molar-refractivity contribution in [3.05, 3.63) is 11.8 Å². The van der Waals surface area contributed by atoms with E-state index in [2.05, 4.69) is 0 Å². The Balaban J connectivity index is 2.34. The van der Waals surface area contributed by atoms with Gasteiger partial charge in [-0.3, -0.25) is 0 Å². The van der Waals surface area contributed by atoms with Crippen molar-refractivity contribution >= 4 is 55.3 Å². The maximum absolute atomic E-state index is 10.3. The zero-order valence-corrected chi connectivity index (χ0v) is 14.8. The summed E-state index contributed by atoms with van der Waals surface area (Å²) in [7, 11) is -5.96. The fourth-order valence-corrected chi connectivity index (χ4v) is 10.7. The lowest BCUT2D eigenvalue weighted by Crippen LogP contribution is -2.31. The van der Waals surface area contributed by atoms with Crippen molar-refractivity contribution in [2.45, 2.75) is 0 Å². The van der Waals surface area contributed by atoms with Crippen molar-refractivity contribution in [2.24, 2.45) is 0 Å². The van der Waals surface area contributed by atoms with Gasteiger partial charge in [-0.1, -0.05) is 0 Å². The van der Waals surface area contributed by atoms with E-state index in [1.165, 1.54) is 5.70 Å². The van der Waals surface area contributed by atoms with Gasteiger partial charge in [-0.15, -0.1) is 0 Å². The molecule has 0 spiro atoms.